The maximum atomic E-state index is 15.5. The third-order valence-corrected chi connectivity index (χ3v) is 26.5. The van der Waals surface area contributed by atoms with Crippen LogP contribution in [0.15, 0.2) is 47.5 Å². The van der Waals surface area contributed by atoms with Crippen molar-refractivity contribution in [2.24, 2.45) is 64.0 Å². The zero-order chi connectivity index (χ0) is 109. The molecule has 820 valence electrons. The van der Waals surface area contributed by atoms with Crippen molar-refractivity contribution in [3.63, 3.8) is 0 Å². The number of nitrogens with zero attached hydrogens (tertiary/aromatic N) is 5. The maximum absolute atomic E-state index is 15.5. The van der Waals surface area contributed by atoms with E-state index in [2.05, 4.69) is 88.4 Å². The zero-order valence-corrected chi connectivity index (χ0v) is 84.9. The van der Waals surface area contributed by atoms with Gasteiger partial charge in [0, 0.05) is 98.7 Å². The molecule has 5 heterocycles. The van der Waals surface area contributed by atoms with Crippen molar-refractivity contribution in [1.82, 2.24) is 83.1 Å². The van der Waals surface area contributed by atoms with Gasteiger partial charge in [-0.2, -0.15) is 0 Å². The number of ether oxygens (including phenoxy) is 5. The first kappa shape index (κ1) is 122. The highest BCUT2D eigenvalue weighted by Crippen LogP contribution is 2.41. The van der Waals surface area contributed by atoms with Crippen LogP contribution >= 0.6 is 22.7 Å². The second-order valence-electron chi connectivity index (χ2n) is 36.7. The third-order valence-electron chi connectivity index (χ3n) is 24.8. The van der Waals surface area contributed by atoms with Gasteiger partial charge in [-0.25, -0.2) is 39.3 Å². The number of aryl methyl sites for hydroxylation is 1. The smallest absolute Gasteiger partial charge is 0.407 e. The van der Waals surface area contributed by atoms with E-state index in [0.717, 1.165) is 0 Å². The van der Waals surface area contributed by atoms with Gasteiger partial charge in [-0.3, -0.25) is 62.3 Å². The fourth-order valence-electron chi connectivity index (χ4n) is 16.2. The number of nitrogens with one attached hydrogen (secondary N) is 12. The topological polar surface area (TPSA) is 876 Å². The predicted octanol–water partition coefficient (Wildman–Crippen LogP) is -4.09. The highest BCUT2D eigenvalue weighted by Gasteiger charge is 2.53. The van der Waals surface area contributed by atoms with Gasteiger partial charge in [0.1, 0.15) is 101 Å². The Kier molecular flexibility index (Phi) is 51.4. The molecule has 0 bridgehead atoms. The van der Waals surface area contributed by atoms with Crippen molar-refractivity contribution < 1.29 is 141 Å². The molecule has 1 aromatic carbocycles. The number of H-pyrrole nitrogens is 1. The van der Waals surface area contributed by atoms with E-state index in [1.54, 1.807) is 48.9 Å². The molecular weight excluding hydrogens is 1980 g/mol. The van der Waals surface area contributed by atoms with Crippen LogP contribution < -0.4 is 98.6 Å². The molecule has 55 heteroatoms. The minimum atomic E-state index is -2.12. The van der Waals surface area contributed by atoms with Crippen molar-refractivity contribution in [2.75, 3.05) is 83.2 Å². The highest BCUT2D eigenvalue weighted by molar-refractivity contribution is 7.14. The van der Waals surface area contributed by atoms with Crippen LogP contribution in [0.2, 0.25) is 0 Å². The normalized spacial score (nSPS) is 19.8. The second kappa shape index (κ2) is 62.1. The molecule has 2 aliphatic rings. The van der Waals surface area contributed by atoms with Crippen LogP contribution in [0.4, 0.5) is 25.9 Å². The highest BCUT2D eigenvalue weighted by atomic mass is 32.1. The number of benzene rings is 1. The first-order chi connectivity index (χ1) is 70.3. The number of aromatic amines is 1. The molecule has 1 aliphatic heterocycles. The van der Waals surface area contributed by atoms with Crippen LogP contribution in [0.5, 0.6) is 0 Å². The fourth-order valence-corrected chi connectivity index (χ4v) is 17.9. The Morgan fingerprint density at radius 2 is 1.30 bits per heavy atom. The Morgan fingerprint density at radius 1 is 0.628 bits per heavy atom. The Bertz CT molecular complexity index is 5200. The number of carbonyl (C=O) groups is 16. The average molecular weight is 2120 g/mol. The van der Waals surface area contributed by atoms with Crippen LogP contribution in [0.3, 0.4) is 0 Å². The predicted molar refractivity (Wildman–Crippen MR) is 530 cm³/mol. The number of hydrogen-bond donors (Lipinski definition) is 27. The summed E-state index contributed by atoms with van der Waals surface area (Å²) in [5.41, 5.74) is 40.3. The lowest BCUT2D eigenvalue weighted by Gasteiger charge is -2.47. The van der Waals surface area contributed by atoms with E-state index in [0.29, 0.717) is 91.7 Å². The van der Waals surface area contributed by atoms with Gasteiger partial charge >= 0.3 is 18.2 Å². The Balaban J connectivity index is 0.852. The van der Waals surface area contributed by atoms with E-state index in [1.165, 1.54) is 62.9 Å². The molecular formula is C93H142N24O29S2. The van der Waals surface area contributed by atoms with Crippen LogP contribution in [0.25, 0.3) is 10.7 Å². The number of aliphatic hydroxyl groups is 8. The number of anilines is 2. The number of rotatable bonds is 66. The molecule has 12 unspecified atom stereocenters. The number of unbranched alkanes of at least 4 members (excludes halogenated alkanes) is 3. The standard InChI is InChI=1S/C93H142N24O29S2/c1-45(2)71(114-66(125)17-8-7-9-27-103-68(127)37-108-69(128)38-107-67(126)35-94)88(138)112-56(15-13-29-105-91(99)139)87(137)110-53-22-19-50(20-23-53)41-142-93(141)106-28-11-10-25-101-26-14-30-104-86(136)58-42-148-89(113-58)59-43-147-70(111-59)18-12-16-60(121)73(49(6)120)116-85(135)48(5)74(129)46(3)31-61(122)54(34-62(123)72-47(4)82(97)117-84(115-72)51(33-65(96)124)21-24-55(95)83(98)134)79(57-36-102-44-109-57)143-63-32-52(39-118)75(130)77(132)80(63)145-90-78(133)81(146-92(100)140)76(131)64(40-119)144-90/h19-20,22-23,36,42-46,48-49,51-52,54-56,63-64,71,73-81,90,101,118-120,129-133H,7-18,21,24-35,37-41,94-95H2,1-6H3,(H2,96,124)(H2,98,134)(H2,100,140)(H,102,109)(H,103,127)(H,104,136)(H,106,141)(H,107,126)(H,108,128)(H,110,137)(H,112,138)(H,114,125)(H,116,135)(H2,97,115,117)(H3,99,105,139)/t46?,48?,49?,51?,52-,54?,55?,56-,63+,64+,71-,73?,74?,75+,76?,77-,78-,79?,80+,81?,90?/m0/s1. The van der Waals surface area contributed by atoms with Crippen LogP contribution in [0.1, 0.15) is 204 Å². The van der Waals surface area contributed by atoms with Crippen LogP contribution in [-0.2, 0) is 89.5 Å². The van der Waals surface area contributed by atoms with E-state index >= 15 is 9.59 Å². The lowest BCUT2D eigenvalue weighted by atomic mass is 9.79. The second-order valence-corrected chi connectivity index (χ2v) is 38.5. The van der Waals surface area contributed by atoms with Gasteiger partial charge in [0.15, 0.2) is 24.0 Å². The molecule has 1 aliphatic carbocycles. The number of nitrogen functional groups attached to an aromatic ring is 1. The first-order valence-corrected chi connectivity index (χ1v) is 50.5. The fraction of sp³-hybridized carbons (Fsp3) is 0.624. The SMILES string of the molecule is Cc1c(N)nc(C(CCC(N)C(N)=O)CC(N)=O)nc1C(=O)CC(C(=O)CC(C)C(O)C(C)C(=O)NC(C(=O)CCCc1nc(-c2nc(C(=O)NCCCNCCCCNC(=O)OCc3ccc(NC(=O)[C@H](CCCNC(N)=O)NC(=O)[C@@H](NC(=O)CCCCCNC(=O)CNC(=O)CNC(=O)CN)C(C)C)cc3)cs2)cs1)C(C)O)C(O[C@@H]1C[C@@H](CO)[C@@H](O)[C@H](O)[C@@H]1OC1O[C@H](CO)C(O)C(OC(N)=O)[C@@H]1O)c1cnc[nH]1. The number of alkyl carbamates (subject to hydrolysis) is 1. The molecule has 7 rings (SSSR count). The average Bonchev–Trinajstić information content (AvgIpc) is 0.879. The van der Waals surface area contributed by atoms with Crippen molar-refractivity contribution in [2.45, 2.75) is 267 Å². The number of aromatic nitrogens is 6. The summed E-state index contributed by atoms with van der Waals surface area (Å²) in [6.07, 6.45) is -20.0. The van der Waals surface area contributed by atoms with Crippen molar-refractivity contribution in [1.29, 1.82) is 0 Å². The molecule has 4 aromatic heterocycles. The molecule has 21 atom stereocenters. The number of carbonyl (C=O) groups excluding carboxylic acids is 16. The summed E-state index contributed by atoms with van der Waals surface area (Å²) in [4.78, 5) is 233. The molecule has 14 amide bonds. The molecule has 5 aromatic rings. The summed E-state index contributed by atoms with van der Waals surface area (Å²) >= 11 is 2.49. The minimum Gasteiger partial charge on any atom is -0.445 e. The van der Waals surface area contributed by atoms with Gasteiger partial charge in [-0.05, 0) is 134 Å². The quantitative estimate of drug-likeness (QED) is 0.0130. The molecule has 148 heavy (non-hydrogen) atoms. The van der Waals surface area contributed by atoms with E-state index < -0.39 is 261 Å². The molecule has 34 N–H and O–H groups in total. The summed E-state index contributed by atoms with van der Waals surface area (Å²) < 4.78 is 28.9. The van der Waals surface area contributed by atoms with Gasteiger partial charge in [0.2, 0.25) is 53.2 Å². The van der Waals surface area contributed by atoms with Crippen molar-refractivity contribution >= 4 is 129 Å². The van der Waals surface area contributed by atoms with E-state index in [1.807, 2.05) is 0 Å². The molecule has 2 fully saturated rings. The van der Waals surface area contributed by atoms with Crippen LogP contribution in [0, 0.1) is 36.5 Å². The number of imidazole rings is 1. The number of Topliss-reactive ketones (excluding diaryl/α,β-unsaturated/α-hetero) is 3. The minimum absolute atomic E-state index is 0.00631. The number of ketones is 3. The Hall–Kier alpha value is -12.5. The largest absolute Gasteiger partial charge is 0.445 e. The van der Waals surface area contributed by atoms with E-state index in [4.69, 9.17) is 63.8 Å². The monoisotopic (exact) mass is 2120 g/mol. The summed E-state index contributed by atoms with van der Waals surface area (Å²) in [6, 6.07) is 0.892. The maximum Gasteiger partial charge on any atom is 0.407 e. The molecule has 0 spiro atoms. The third kappa shape index (κ3) is 39.5. The Labute approximate surface area is 860 Å². The number of hydrogen-bond acceptors (Lipinski definition) is 40. The summed E-state index contributed by atoms with van der Waals surface area (Å²) in [7, 11) is 0. The summed E-state index contributed by atoms with van der Waals surface area (Å²) in [5.74, 6) is -15.9. The van der Waals surface area contributed by atoms with Gasteiger partial charge in [-0.1, -0.05) is 46.2 Å². The number of amides is 14. The molecule has 1 saturated heterocycles. The lowest BCUT2D eigenvalue weighted by Crippen LogP contribution is -2.64. The van der Waals surface area contributed by atoms with Gasteiger partial charge in [0.05, 0.1) is 91.8 Å². The summed E-state index contributed by atoms with van der Waals surface area (Å²) in [5, 5.41) is 123. The number of aliphatic hydroxyl groups excluding tert-OH is 8. The Morgan fingerprint density at radius 3 is 1.96 bits per heavy atom. The van der Waals surface area contributed by atoms with Crippen molar-refractivity contribution in [3.05, 3.63) is 86.6 Å². The van der Waals surface area contributed by atoms with E-state index in [9.17, 15) is 108 Å². The molecule has 0 radical (unpaired) electrons. The molecule has 1 saturated carbocycles. The van der Waals surface area contributed by atoms with Crippen LogP contribution in [-0.4, -0.2) is 329 Å². The zero-order valence-electron chi connectivity index (χ0n) is 83.3. The van der Waals surface area contributed by atoms with E-state index in [-0.39, 0.29) is 131 Å². The number of thiazole rings is 2. The number of nitrogens with two attached hydrogens (primary N) is 7. The van der Waals surface area contributed by atoms with Gasteiger partial charge in [0.25, 0.3) is 5.91 Å². The number of primary amides is 4. The first-order valence-electron chi connectivity index (χ1n) is 48.7. The molecule has 53 nitrogen and oxygen atoms in total. The van der Waals surface area contributed by atoms with Crippen molar-refractivity contribution in [3.8, 4) is 10.7 Å². The summed E-state index contributed by atoms with van der Waals surface area (Å²) in [6.45, 7) is 8.35. The van der Waals surface area contributed by atoms with Gasteiger partial charge < -0.3 is 168 Å². The van der Waals surface area contributed by atoms with Gasteiger partial charge in [-0.15, -0.1) is 22.7 Å². The number of urea groups is 1. The lowest BCUT2D eigenvalue weighted by molar-refractivity contribution is -0.335.